The summed E-state index contributed by atoms with van der Waals surface area (Å²) in [6, 6.07) is 8.84. The van der Waals surface area contributed by atoms with Crippen LogP contribution in [-0.4, -0.2) is 51.5 Å². The number of anilines is 1. The summed E-state index contributed by atoms with van der Waals surface area (Å²) in [6.45, 7) is 6.53. The van der Waals surface area contributed by atoms with Crippen LogP contribution in [0.4, 0.5) is 5.69 Å². The van der Waals surface area contributed by atoms with Gasteiger partial charge in [-0.1, -0.05) is 23.9 Å². The molecule has 0 radical (unpaired) electrons. The first-order valence-electron chi connectivity index (χ1n) is 8.66. The molecule has 1 aromatic carbocycles. The molecule has 1 fully saturated rings. The molecule has 1 N–H and O–H groups in total. The first-order valence-corrected chi connectivity index (χ1v) is 9.65. The number of nitrogens with one attached hydrogen (secondary N) is 1. The highest BCUT2D eigenvalue weighted by Crippen LogP contribution is 2.36. The summed E-state index contributed by atoms with van der Waals surface area (Å²) in [5, 5.41) is 15.4. The van der Waals surface area contributed by atoms with Gasteiger partial charge in [0.15, 0.2) is 0 Å². The predicted octanol–water partition coefficient (Wildman–Crippen LogP) is 2.05. The highest BCUT2D eigenvalue weighted by atomic mass is 32.2. The molecule has 25 heavy (non-hydrogen) atoms. The number of rotatable bonds is 9. The van der Waals surface area contributed by atoms with Gasteiger partial charge in [-0.05, 0) is 54.8 Å². The highest BCUT2D eigenvalue weighted by molar-refractivity contribution is 7.99. The quantitative estimate of drug-likeness (QED) is 0.690. The van der Waals surface area contributed by atoms with Gasteiger partial charge >= 0.3 is 0 Å². The van der Waals surface area contributed by atoms with E-state index < -0.39 is 0 Å². The number of aryl methyl sites for hydroxylation is 1. The zero-order chi connectivity index (χ0) is 17.6. The number of hydrogen-bond acceptors (Lipinski definition) is 6. The van der Waals surface area contributed by atoms with Crippen molar-refractivity contribution >= 4 is 23.4 Å². The lowest BCUT2D eigenvalue weighted by molar-refractivity contribution is -0.118. The summed E-state index contributed by atoms with van der Waals surface area (Å²) in [7, 11) is 0. The Kier molecular flexibility index (Phi) is 5.91. The van der Waals surface area contributed by atoms with Crippen molar-refractivity contribution < 1.29 is 4.79 Å². The molecule has 134 valence electrons. The molecule has 1 aliphatic carbocycles. The van der Waals surface area contributed by atoms with Crippen LogP contribution in [0.5, 0.6) is 0 Å². The van der Waals surface area contributed by atoms with Crippen molar-refractivity contribution in [1.82, 2.24) is 25.5 Å². The zero-order valence-corrected chi connectivity index (χ0v) is 15.5. The van der Waals surface area contributed by atoms with Crippen LogP contribution in [0, 0.1) is 6.92 Å². The van der Waals surface area contributed by atoms with E-state index >= 15 is 0 Å². The van der Waals surface area contributed by atoms with Crippen LogP contribution < -0.4 is 10.2 Å². The summed E-state index contributed by atoms with van der Waals surface area (Å²) < 4.78 is 1.83. The van der Waals surface area contributed by atoms with E-state index in [0.29, 0.717) is 18.3 Å². The number of amides is 1. The van der Waals surface area contributed by atoms with E-state index in [-0.39, 0.29) is 5.91 Å². The fourth-order valence-electron chi connectivity index (χ4n) is 2.63. The Morgan fingerprint density at radius 2 is 2.28 bits per heavy atom. The molecule has 0 aliphatic heterocycles. The van der Waals surface area contributed by atoms with Crippen molar-refractivity contribution in [2.24, 2.45) is 0 Å². The maximum atomic E-state index is 12.1. The van der Waals surface area contributed by atoms with Crippen LogP contribution in [0.15, 0.2) is 29.4 Å². The maximum absolute atomic E-state index is 12.1. The van der Waals surface area contributed by atoms with Gasteiger partial charge in [0, 0.05) is 25.3 Å². The number of carbonyl (C=O) groups excluding carboxylic acids is 1. The average Bonchev–Trinajstić information content (AvgIpc) is 3.35. The van der Waals surface area contributed by atoms with Gasteiger partial charge in [-0.3, -0.25) is 4.79 Å². The Labute approximate surface area is 152 Å². The average molecular weight is 360 g/mol. The monoisotopic (exact) mass is 360 g/mol. The Morgan fingerprint density at radius 3 is 3.00 bits per heavy atom. The van der Waals surface area contributed by atoms with E-state index in [1.807, 2.05) is 4.68 Å². The van der Waals surface area contributed by atoms with Gasteiger partial charge in [0.05, 0.1) is 11.8 Å². The Morgan fingerprint density at radius 1 is 1.44 bits per heavy atom. The number of nitrogens with zero attached hydrogens (tertiary/aromatic N) is 5. The summed E-state index contributed by atoms with van der Waals surface area (Å²) in [4.78, 5) is 14.3. The second-order valence-electron chi connectivity index (χ2n) is 6.19. The van der Waals surface area contributed by atoms with Gasteiger partial charge in [0.1, 0.15) is 0 Å². The minimum atomic E-state index is 0.00985. The van der Waals surface area contributed by atoms with E-state index in [9.17, 15) is 4.79 Å². The molecule has 0 atom stereocenters. The number of carbonyl (C=O) groups is 1. The number of thioether (sulfide) groups is 1. The van der Waals surface area contributed by atoms with Gasteiger partial charge in [0.25, 0.3) is 0 Å². The van der Waals surface area contributed by atoms with E-state index in [0.717, 1.165) is 31.1 Å². The molecule has 0 spiro atoms. The van der Waals surface area contributed by atoms with Crippen LogP contribution in [0.2, 0.25) is 0 Å². The summed E-state index contributed by atoms with van der Waals surface area (Å²) >= 11 is 1.39. The minimum Gasteiger partial charge on any atom is -0.370 e. The first kappa shape index (κ1) is 17.7. The van der Waals surface area contributed by atoms with Crippen molar-refractivity contribution in [3.05, 3.63) is 29.8 Å². The Bertz CT molecular complexity index is 715. The lowest BCUT2D eigenvalue weighted by Crippen LogP contribution is -2.35. The molecule has 1 amide bonds. The normalized spacial score (nSPS) is 13.7. The number of likely N-dealkylation sites (N-methyl/N-ethyl adjacent to an activating group) is 1. The lowest BCUT2D eigenvalue weighted by Gasteiger charge is -2.23. The van der Waals surface area contributed by atoms with Crippen LogP contribution in [0.1, 0.15) is 31.4 Å². The Balaban J connectivity index is 1.41. The number of tetrazole rings is 1. The molecule has 3 rings (SSSR count). The summed E-state index contributed by atoms with van der Waals surface area (Å²) in [5.74, 6) is 0.347. The molecule has 0 saturated heterocycles. The molecular formula is C17H24N6OS. The molecule has 0 bridgehead atoms. The van der Waals surface area contributed by atoms with Crippen molar-refractivity contribution in [3.63, 3.8) is 0 Å². The second-order valence-corrected chi connectivity index (χ2v) is 7.14. The third-order valence-corrected chi connectivity index (χ3v) is 5.07. The largest absolute Gasteiger partial charge is 0.370 e. The third kappa shape index (κ3) is 4.94. The topological polar surface area (TPSA) is 75.9 Å². The number of aromatic nitrogens is 4. The molecule has 8 heteroatoms. The molecule has 0 unspecified atom stereocenters. The summed E-state index contributed by atoms with van der Waals surface area (Å²) in [5.41, 5.74) is 2.43. The van der Waals surface area contributed by atoms with Crippen LogP contribution >= 0.6 is 11.8 Å². The predicted molar refractivity (Wildman–Crippen MR) is 98.9 cm³/mol. The van der Waals surface area contributed by atoms with Gasteiger partial charge in [0.2, 0.25) is 11.1 Å². The maximum Gasteiger partial charge on any atom is 0.230 e. The van der Waals surface area contributed by atoms with E-state index in [2.05, 4.69) is 63.9 Å². The smallest absolute Gasteiger partial charge is 0.230 e. The van der Waals surface area contributed by atoms with Crippen molar-refractivity contribution in [2.45, 2.75) is 37.9 Å². The van der Waals surface area contributed by atoms with E-state index in [1.54, 1.807) is 0 Å². The van der Waals surface area contributed by atoms with Gasteiger partial charge in [-0.2, -0.15) is 0 Å². The first-order chi connectivity index (χ1) is 12.2. The number of hydrogen-bond donors (Lipinski definition) is 1. The van der Waals surface area contributed by atoms with Gasteiger partial charge < -0.3 is 10.2 Å². The molecule has 2 aromatic rings. The fourth-order valence-corrected chi connectivity index (χ4v) is 3.41. The zero-order valence-electron chi connectivity index (χ0n) is 14.7. The second kappa shape index (κ2) is 8.33. The molecule has 1 saturated carbocycles. The third-order valence-electron chi connectivity index (χ3n) is 4.14. The molecule has 7 nitrogen and oxygen atoms in total. The SMILES string of the molecule is CCN(CCNC(=O)CSc1nnnn1C1CC1)c1cccc(C)c1. The molecule has 1 heterocycles. The van der Waals surface area contributed by atoms with Gasteiger partial charge in [-0.25, -0.2) is 4.68 Å². The van der Waals surface area contributed by atoms with Gasteiger partial charge in [-0.15, -0.1) is 5.10 Å². The molecule has 1 aromatic heterocycles. The van der Waals surface area contributed by atoms with Crippen molar-refractivity contribution in [3.8, 4) is 0 Å². The van der Waals surface area contributed by atoms with E-state index in [4.69, 9.17) is 0 Å². The van der Waals surface area contributed by atoms with E-state index in [1.165, 1.54) is 23.0 Å². The van der Waals surface area contributed by atoms with Crippen LogP contribution in [0.3, 0.4) is 0 Å². The number of benzene rings is 1. The van der Waals surface area contributed by atoms with Crippen LogP contribution in [0.25, 0.3) is 0 Å². The summed E-state index contributed by atoms with van der Waals surface area (Å²) in [6.07, 6.45) is 2.24. The van der Waals surface area contributed by atoms with Crippen molar-refractivity contribution in [2.75, 3.05) is 30.3 Å². The van der Waals surface area contributed by atoms with Crippen LogP contribution in [-0.2, 0) is 4.79 Å². The van der Waals surface area contributed by atoms with Crippen molar-refractivity contribution in [1.29, 1.82) is 0 Å². The lowest BCUT2D eigenvalue weighted by atomic mass is 10.2. The highest BCUT2D eigenvalue weighted by Gasteiger charge is 2.28. The minimum absolute atomic E-state index is 0.00985. The fraction of sp³-hybridized carbons (Fsp3) is 0.529. The Hall–Kier alpha value is -2.09. The standard InChI is InChI=1S/C17H24N6OS/c1-3-22(15-6-4-5-13(2)11-15)10-9-18-16(24)12-25-17-19-20-21-23(17)14-7-8-14/h4-6,11,14H,3,7-10,12H2,1-2H3,(H,18,24). The molecule has 1 aliphatic rings. The molecular weight excluding hydrogens is 336 g/mol.